The molecule has 1 N–H and O–H groups in total. The van der Waals surface area contributed by atoms with Gasteiger partial charge in [-0.1, -0.05) is 50.2 Å². The van der Waals surface area contributed by atoms with E-state index in [0.717, 1.165) is 5.56 Å². The summed E-state index contributed by atoms with van der Waals surface area (Å²) in [5.41, 5.74) is -0.369. The van der Waals surface area contributed by atoms with Gasteiger partial charge in [-0.25, -0.2) is 4.79 Å². The van der Waals surface area contributed by atoms with Gasteiger partial charge in [0.1, 0.15) is 5.75 Å². The first-order valence-electron chi connectivity index (χ1n) is 8.91. The van der Waals surface area contributed by atoms with Crippen LogP contribution in [0.4, 0.5) is 4.79 Å². The summed E-state index contributed by atoms with van der Waals surface area (Å²) in [5.74, 6) is -2.04. The minimum Gasteiger partial charge on any atom is -0.444 e. The topological polar surface area (TPSA) is 82.1 Å². The summed E-state index contributed by atoms with van der Waals surface area (Å²) in [6, 6.07) is 11.8. The Labute approximate surface area is 156 Å². The fraction of sp³-hybridized carbons (Fsp3) is 0.333. The molecule has 6 nitrogen and oxygen atoms in total. The lowest BCUT2D eigenvalue weighted by atomic mass is 9.86. The van der Waals surface area contributed by atoms with E-state index in [1.165, 1.54) is 0 Å². The standard InChI is InChI=1S/C21H20O6/c1-4-25-19(23)27-21-15-8-6-5-7-14(15)18(22)20(21,24)16-10-9-13(12(2)3)11-17(16)26-21/h5-12,24H,4H2,1-3H3. The molecule has 0 bridgehead atoms. The van der Waals surface area contributed by atoms with Gasteiger partial charge in [0.15, 0.2) is 0 Å². The van der Waals surface area contributed by atoms with Crippen molar-refractivity contribution in [3.8, 4) is 5.75 Å². The fourth-order valence-corrected chi connectivity index (χ4v) is 3.79. The second-order valence-electron chi connectivity index (χ2n) is 7.00. The normalized spacial score (nSPS) is 24.9. The van der Waals surface area contributed by atoms with Crippen LogP contribution in [-0.2, 0) is 20.9 Å². The van der Waals surface area contributed by atoms with Crippen molar-refractivity contribution in [3.63, 3.8) is 0 Å². The summed E-state index contributed by atoms with van der Waals surface area (Å²) in [4.78, 5) is 25.3. The molecule has 1 aliphatic carbocycles. The molecule has 2 aliphatic rings. The number of benzene rings is 2. The lowest BCUT2D eigenvalue weighted by Crippen LogP contribution is -2.51. The van der Waals surface area contributed by atoms with Gasteiger partial charge in [-0.05, 0) is 24.5 Å². The first kappa shape index (κ1) is 17.5. The highest BCUT2D eigenvalue weighted by Crippen LogP contribution is 2.60. The molecule has 27 heavy (non-hydrogen) atoms. The third kappa shape index (κ3) is 2.16. The second kappa shape index (κ2) is 5.82. The van der Waals surface area contributed by atoms with Crippen LogP contribution in [0.15, 0.2) is 42.5 Å². The predicted octanol–water partition coefficient (Wildman–Crippen LogP) is 3.61. The van der Waals surface area contributed by atoms with Crippen LogP contribution in [0.1, 0.15) is 53.7 Å². The number of rotatable bonds is 3. The third-order valence-electron chi connectivity index (χ3n) is 5.14. The monoisotopic (exact) mass is 368 g/mol. The highest BCUT2D eigenvalue weighted by Gasteiger charge is 2.73. The minimum absolute atomic E-state index is 0.0907. The molecule has 2 aromatic rings. The molecule has 0 amide bonds. The number of ether oxygens (including phenoxy) is 3. The number of hydrogen-bond donors (Lipinski definition) is 1. The Balaban J connectivity index is 1.93. The number of fused-ring (bicyclic) bond motifs is 5. The highest BCUT2D eigenvalue weighted by atomic mass is 16.8. The van der Waals surface area contributed by atoms with E-state index in [0.29, 0.717) is 11.3 Å². The predicted molar refractivity (Wildman–Crippen MR) is 95.6 cm³/mol. The summed E-state index contributed by atoms with van der Waals surface area (Å²) in [6.45, 7) is 5.78. The van der Waals surface area contributed by atoms with Gasteiger partial charge in [-0.15, -0.1) is 0 Å². The van der Waals surface area contributed by atoms with Gasteiger partial charge < -0.3 is 19.3 Å². The van der Waals surface area contributed by atoms with Gasteiger partial charge >= 0.3 is 11.9 Å². The number of ketones is 1. The fourth-order valence-electron chi connectivity index (χ4n) is 3.79. The van der Waals surface area contributed by atoms with E-state index < -0.39 is 23.3 Å². The van der Waals surface area contributed by atoms with Crippen molar-refractivity contribution >= 4 is 11.9 Å². The van der Waals surface area contributed by atoms with Gasteiger partial charge in [-0.2, -0.15) is 0 Å². The molecule has 0 saturated heterocycles. The summed E-state index contributed by atoms with van der Waals surface area (Å²) < 4.78 is 16.4. The molecule has 1 heterocycles. The summed E-state index contributed by atoms with van der Waals surface area (Å²) >= 11 is 0. The summed E-state index contributed by atoms with van der Waals surface area (Å²) in [6.07, 6.45) is -1.02. The Hall–Kier alpha value is -2.86. The first-order chi connectivity index (χ1) is 12.8. The van der Waals surface area contributed by atoms with Gasteiger partial charge in [-0.3, -0.25) is 4.79 Å². The molecule has 0 saturated carbocycles. The van der Waals surface area contributed by atoms with Crippen LogP contribution in [0.3, 0.4) is 0 Å². The van der Waals surface area contributed by atoms with E-state index in [2.05, 4.69) is 0 Å². The van der Waals surface area contributed by atoms with Crippen molar-refractivity contribution in [2.24, 2.45) is 0 Å². The van der Waals surface area contributed by atoms with Crippen molar-refractivity contribution in [1.82, 2.24) is 0 Å². The zero-order valence-electron chi connectivity index (χ0n) is 15.3. The smallest absolute Gasteiger partial charge is 0.444 e. The number of carbonyl (C=O) groups excluding carboxylic acids is 2. The molecule has 6 heteroatoms. The average Bonchev–Trinajstić information content (AvgIpc) is 2.99. The van der Waals surface area contributed by atoms with E-state index in [1.807, 2.05) is 19.9 Å². The van der Waals surface area contributed by atoms with Crippen LogP contribution in [0, 0.1) is 0 Å². The maximum Gasteiger partial charge on any atom is 0.511 e. The molecule has 0 fully saturated rings. The molecular weight excluding hydrogens is 348 g/mol. The lowest BCUT2D eigenvalue weighted by molar-refractivity contribution is -0.233. The molecule has 2 atom stereocenters. The Bertz CT molecular complexity index is 949. The summed E-state index contributed by atoms with van der Waals surface area (Å²) in [5, 5.41) is 11.6. The van der Waals surface area contributed by atoms with Crippen molar-refractivity contribution in [1.29, 1.82) is 0 Å². The Morgan fingerprint density at radius 1 is 1.19 bits per heavy atom. The van der Waals surface area contributed by atoms with E-state index in [9.17, 15) is 14.7 Å². The van der Waals surface area contributed by atoms with Crippen LogP contribution >= 0.6 is 0 Å². The van der Waals surface area contributed by atoms with Crippen molar-refractivity contribution in [2.45, 2.75) is 38.1 Å². The maximum absolute atomic E-state index is 13.2. The van der Waals surface area contributed by atoms with Crippen molar-refractivity contribution in [3.05, 3.63) is 64.7 Å². The second-order valence-corrected chi connectivity index (χ2v) is 7.00. The quantitative estimate of drug-likeness (QED) is 0.834. The molecule has 4 rings (SSSR count). The zero-order chi connectivity index (χ0) is 19.4. The molecule has 2 aromatic carbocycles. The Morgan fingerprint density at radius 2 is 1.93 bits per heavy atom. The lowest BCUT2D eigenvalue weighted by Gasteiger charge is -2.32. The number of carbonyl (C=O) groups is 2. The van der Waals surface area contributed by atoms with Gasteiger partial charge in [0.25, 0.3) is 0 Å². The van der Waals surface area contributed by atoms with E-state index in [-0.39, 0.29) is 23.7 Å². The molecule has 1 aliphatic heterocycles. The van der Waals surface area contributed by atoms with E-state index >= 15 is 0 Å². The minimum atomic E-state index is -2.17. The third-order valence-corrected chi connectivity index (χ3v) is 5.14. The largest absolute Gasteiger partial charge is 0.511 e. The van der Waals surface area contributed by atoms with Crippen molar-refractivity contribution in [2.75, 3.05) is 6.61 Å². The van der Waals surface area contributed by atoms with Crippen LogP contribution in [0.5, 0.6) is 5.75 Å². The van der Waals surface area contributed by atoms with Crippen LogP contribution in [0.25, 0.3) is 0 Å². The molecular formula is C21H20O6. The molecule has 0 radical (unpaired) electrons. The summed E-state index contributed by atoms with van der Waals surface area (Å²) in [7, 11) is 0. The molecule has 0 spiro atoms. The van der Waals surface area contributed by atoms with Crippen LogP contribution in [0.2, 0.25) is 0 Å². The molecule has 140 valence electrons. The number of Topliss-reactive ketones (excluding diaryl/α,β-unsaturated/α-hetero) is 1. The van der Waals surface area contributed by atoms with Gasteiger partial charge in [0, 0.05) is 11.1 Å². The van der Waals surface area contributed by atoms with Crippen LogP contribution in [-0.4, -0.2) is 23.7 Å². The van der Waals surface area contributed by atoms with Gasteiger partial charge in [0.05, 0.1) is 12.2 Å². The average molecular weight is 368 g/mol. The van der Waals surface area contributed by atoms with Gasteiger partial charge in [0.2, 0.25) is 11.4 Å². The van der Waals surface area contributed by atoms with Crippen LogP contribution < -0.4 is 4.74 Å². The Morgan fingerprint density at radius 3 is 2.63 bits per heavy atom. The maximum atomic E-state index is 13.2. The Kier molecular flexibility index (Phi) is 3.78. The zero-order valence-corrected chi connectivity index (χ0v) is 15.3. The van der Waals surface area contributed by atoms with E-state index in [4.69, 9.17) is 14.2 Å². The number of aliphatic hydroxyl groups is 1. The van der Waals surface area contributed by atoms with E-state index in [1.54, 1.807) is 43.3 Å². The number of hydrogen-bond acceptors (Lipinski definition) is 6. The SMILES string of the molecule is CCOC(=O)OC12Oc3cc(C(C)C)ccc3C1(O)C(=O)c1ccccc12. The molecule has 0 aromatic heterocycles. The van der Waals surface area contributed by atoms with Crippen molar-refractivity contribution < 1.29 is 28.9 Å². The molecule has 2 unspecified atom stereocenters. The first-order valence-corrected chi connectivity index (χ1v) is 8.91. The highest BCUT2D eigenvalue weighted by molar-refractivity contribution is 6.10.